The van der Waals surface area contributed by atoms with Crippen LogP contribution in [0.3, 0.4) is 0 Å². The van der Waals surface area contributed by atoms with Crippen LogP contribution < -0.4 is 37.9 Å². The zero-order chi connectivity index (χ0) is 103. The predicted octanol–water partition coefficient (Wildman–Crippen LogP) is 11.5. The van der Waals surface area contributed by atoms with Crippen LogP contribution in [0.25, 0.3) is 0 Å². The molecule has 8 aromatic carbocycles. The average Bonchev–Trinajstić information content (AvgIpc) is 1.49. The van der Waals surface area contributed by atoms with Gasteiger partial charge in [-0.3, -0.25) is 39.4 Å². The molecule has 8 N–H and O–H groups in total. The van der Waals surface area contributed by atoms with Crippen molar-refractivity contribution in [1.82, 2.24) is 39.5 Å². The highest BCUT2D eigenvalue weighted by atomic mass is 79.9. The fourth-order valence-electron chi connectivity index (χ4n) is 25.6. The van der Waals surface area contributed by atoms with Crippen LogP contribution in [0.15, 0.2) is 277 Å². The van der Waals surface area contributed by atoms with Gasteiger partial charge in [0.2, 0.25) is 5.91 Å². The maximum absolute atomic E-state index is 14.1. The van der Waals surface area contributed by atoms with Crippen molar-refractivity contribution in [1.29, 1.82) is 10.5 Å². The number of amides is 1. The van der Waals surface area contributed by atoms with Crippen molar-refractivity contribution in [2.24, 2.45) is 23.7 Å². The first kappa shape index (κ1) is 100. The molecule has 33 heteroatoms. The van der Waals surface area contributed by atoms with Gasteiger partial charge in [-0.05, 0) is 114 Å². The summed E-state index contributed by atoms with van der Waals surface area (Å²) in [7, 11) is 13.9. The SMILES string of the molecule is COc1cncc2c1[C@]1(O)[C@H](O)[C@H](C(=O)N(C)C3COC3)[C@@H](c3ccccc3)[C@]1(c1ccc(Br)cc1)O2.COc1cncc2c1[C@]1(O)[C@H](O)[C@H](CN(C)C3COC3)[C@@H](c3ccccc3)[C@]1(c1ccc(Br)cc1)O2.COc1cncc2c1[C@]1(O)[C@H](O)[C@H](CN(C)C3COC3)[C@@H](c3ccccc3)[C@]1(c1ccc(C#N)cc1)O2.COc1cncc2c1[C@]1(O)[C@H](O)[C@H](CN(C)C3COC3)[C@@H](c3ccccc3)[C@]1(c1ccc(C#N)cc1)O2. The summed E-state index contributed by atoms with van der Waals surface area (Å²) in [5.41, 5.74) is -4.36. The molecule has 12 aromatic rings. The monoisotopic (exact) mass is 2120 g/mol. The van der Waals surface area contributed by atoms with Crippen LogP contribution in [0.2, 0.25) is 0 Å². The van der Waals surface area contributed by atoms with E-state index in [1.54, 1.807) is 61.0 Å². The quantitative estimate of drug-likeness (QED) is 0.0295. The summed E-state index contributed by atoms with van der Waals surface area (Å²) in [5.74, 6) is -1.65. The van der Waals surface area contributed by atoms with Gasteiger partial charge in [0.15, 0.2) is 44.8 Å². The molecular weight excluding hydrogens is 2010 g/mol. The number of hydrogen-bond acceptors (Lipinski definition) is 30. The second kappa shape index (κ2) is 39.6. The van der Waals surface area contributed by atoms with E-state index in [1.807, 2.05) is 215 Å². The fourth-order valence-corrected chi connectivity index (χ4v) is 26.1. The Morgan fingerprint density at radius 2 is 0.585 bits per heavy atom. The Kier molecular flexibility index (Phi) is 27.0. The van der Waals surface area contributed by atoms with E-state index in [4.69, 9.17) is 56.8 Å². The van der Waals surface area contributed by atoms with Crippen LogP contribution in [0.1, 0.15) is 102 Å². The van der Waals surface area contributed by atoms with Gasteiger partial charge in [0.25, 0.3) is 0 Å². The third kappa shape index (κ3) is 15.4. The summed E-state index contributed by atoms with van der Waals surface area (Å²) in [6.07, 6.45) is 7.26. The van der Waals surface area contributed by atoms with Gasteiger partial charge >= 0.3 is 0 Å². The lowest BCUT2D eigenvalue weighted by Gasteiger charge is -2.41. The molecule has 4 saturated heterocycles. The molecule has 8 fully saturated rings. The molecule has 760 valence electrons. The van der Waals surface area contributed by atoms with Crippen molar-refractivity contribution in [3.8, 4) is 58.1 Å². The first-order valence-electron chi connectivity index (χ1n) is 49.1. The lowest BCUT2D eigenvalue weighted by Crippen LogP contribution is -2.53. The van der Waals surface area contributed by atoms with Crippen LogP contribution >= 0.6 is 31.9 Å². The number of rotatable bonds is 23. The normalized spacial score (nSPS) is 30.4. The van der Waals surface area contributed by atoms with E-state index in [2.05, 4.69) is 78.6 Å². The number of ether oxygens (including phenoxy) is 12. The first-order chi connectivity index (χ1) is 71.2. The van der Waals surface area contributed by atoms with E-state index in [0.29, 0.717) is 157 Å². The molecule has 0 radical (unpaired) electrons. The highest BCUT2D eigenvalue weighted by molar-refractivity contribution is 9.10. The van der Waals surface area contributed by atoms with Gasteiger partial charge in [0.05, 0.1) is 225 Å². The second-order valence-corrected chi connectivity index (χ2v) is 41.9. The average molecular weight is 2120 g/mol. The van der Waals surface area contributed by atoms with Gasteiger partial charge in [-0.15, -0.1) is 0 Å². The maximum Gasteiger partial charge on any atom is 0.229 e. The van der Waals surface area contributed by atoms with Gasteiger partial charge in [0.1, 0.15) is 52.1 Å². The zero-order valence-electron chi connectivity index (χ0n) is 82.0. The van der Waals surface area contributed by atoms with E-state index >= 15 is 0 Å². The number of benzene rings is 8. The number of likely N-dealkylation sites (N-methyl/N-ethyl adjacent to an activating group) is 4. The molecule has 8 aliphatic heterocycles. The van der Waals surface area contributed by atoms with Gasteiger partial charge in [-0.25, -0.2) is 0 Å². The summed E-state index contributed by atoms with van der Waals surface area (Å²) < 4.78 is 73.0. The van der Waals surface area contributed by atoms with E-state index in [0.717, 1.165) is 36.8 Å². The van der Waals surface area contributed by atoms with Crippen LogP contribution in [-0.2, 0) is 68.6 Å². The van der Waals surface area contributed by atoms with Gasteiger partial charge < -0.3 is 103 Å². The minimum Gasteiger partial charge on any atom is -0.495 e. The smallest absolute Gasteiger partial charge is 0.229 e. The number of aliphatic hydroxyl groups excluding tert-OH is 4. The van der Waals surface area contributed by atoms with Crippen molar-refractivity contribution in [3.05, 3.63) is 355 Å². The number of aromatic nitrogens is 4. The van der Waals surface area contributed by atoms with Crippen LogP contribution in [0.5, 0.6) is 46.0 Å². The van der Waals surface area contributed by atoms with Gasteiger partial charge in [-0.1, -0.05) is 202 Å². The standard InChI is InChI=1S/2C29H29N3O5.C28H27BrN2O6.C28H29BrN2O5/c2*1-32(21-16-36-17-21)15-22-25(19-6-4-3-5-7-19)29(20-10-8-18(12-30)9-11-20)28(34,27(22)33)26-23(35-2)13-31-14-24(26)37-29;1-31(19-14-36-15-19)26(33)22-23(16-6-4-3-5-7-16)28(17-8-10-18(29)11-9-17)27(34,25(22)32)24-20(35-2)12-30-13-21(24)37-28;1-31(20-15-35-16-20)14-21-24(17-6-4-3-5-7-17)28(18-8-10-19(29)11-9-18)27(33,26(21)32)25-22(34-2)12-30-13-23(25)36-28/h2*3-11,13-14,21-22,25,27,33-34H,15-17H2,1-2H3;3-13,19,22-23,25,32,34H,14-15H2,1-2H3;3-13,20-21,24,26,32-33H,14-16H2,1-2H3/t2*22-,25-,27-,28+,29+;22-,23-,25-,27+,28+;21-,24-,26-,27+,28+/m1111/s1. The summed E-state index contributed by atoms with van der Waals surface area (Å²) in [4.78, 5) is 39.4. The highest BCUT2D eigenvalue weighted by Gasteiger charge is 2.82. The fraction of sp³-hybridized carbons (Fsp3) is 0.377. The Bertz CT molecular complexity index is 6700. The molecule has 4 saturated carbocycles. The molecule has 0 spiro atoms. The lowest BCUT2D eigenvalue weighted by molar-refractivity contribution is -0.160. The summed E-state index contributed by atoms with van der Waals surface area (Å²) >= 11 is 7.02. The lowest BCUT2D eigenvalue weighted by atomic mass is 9.70. The number of methoxy groups -OCH3 is 4. The number of nitriles is 2. The number of hydrogen-bond donors (Lipinski definition) is 8. The molecule has 147 heavy (non-hydrogen) atoms. The Hall–Kier alpha value is -12.4. The molecule has 1 amide bonds. The number of pyridine rings is 4. The number of carbonyl (C=O) groups is 1. The van der Waals surface area contributed by atoms with E-state index in [1.165, 1.54) is 53.2 Å². The summed E-state index contributed by atoms with van der Waals surface area (Å²) in [6.45, 7) is 6.33. The van der Waals surface area contributed by atoms with Crippen molar-refractivity contribution in [2.75, 3.05) is 129 Å². The molecular formula is C114H114Br2N10O21. The molecule has 0 unspecified atom stereocenters. The van der Waals surface area contributed by atoms with Crippen LogP contribution in [-0.4, -0.2) is 264 Å². The number of nitrogens with zero attached hydrogens (tertiary/aromatic N) is 10. The Morgan fingerprint density at radius 1 is 0.347 bits per heavy atom. The second-order valence-electron chi connectivity index (χ2n) is 40.1. The van der Waals surface area contributed by atoms with Crippen molar-refractivity contribution in [3.63, 3.8) is 0 Å². The van der Waals surface area contributed by atoms with Crippen molar-refractivity contribution < 1.29 is 102 Å². The van der Waals surface area contributed by atoms with Crippen LogP contribution in [0, 0.1) is 46.3 Å². The Labute approximate surface area is 867 Å². The first-order valence-corrected chi connectivity index (χ1v) is 50.6. The molecule has 31 nitrogen and oxygen atoms in total. The molecule has 4 aliphatic carbocycles. The molecule has 12 aliphatic rings. The molecule has 0 bridgehead atoms. The Morgan fingerprint density at radius 3 is 0.823 bits per heavy atom. The minimum atomic E-state index is -2.03. The van der Waals surface area contributed by atoms with Crippen molar-refractivity contribution >= 4 is 37.8 Å². The van der Waals surface area contributed by atoms with E-state index in [-0.39, 0.29) is 53.2 Å². The minimum absolute atomic E-state index is 0.0956. The third-order valence-corrected chi connectivity index (χ3v) is 34.1. The Balaban J connectivity index is 0.000000115. The van der Waals surface area contributed by atoms with Crippen molar-refractivity contribution in [2.45, 2.75) is 117 Å². The molecule has 12 heterocycles. The largest absolute Gasteiger partial charge is 0.495 e. The third-order valence-electron chi connectivity index (χ3n) is 33.0. The summed E-state index contributed by atoms with van der Waals surface area (Å²) in [6, 6.07) is 73.5. The van der Waals surface area contributed by atoms with Gasteiger partial charge in [-0.2, -0.15) is 10.5 Å². The predicted molar refractivity (Wildman–Crippen MR) is 542 cm³/mol. The molecule has 20 atom stereocenters. The number of fused-ring (bicyclic) bond motifs is 12. The van der Waals surface area contributed by atoms with Crippen LogP contribution in [0.4, 0.5) is 0 Å². The topological polar surface area (TPSA) is 402 Å². The van der Waals surface area contributed by atoms with E-state index in [9.17, 15) is 56.2 Å². The molecule has 4 aromatic heterocycles. The number of aliphatic hydroxyl groups is 8. The summed E-state index contributed by atoms with van der Waals surface area (Å²) in [5, 5.41) is 119. The van der Waals surface area contributed by atoms with E-state index < -0.39 is 105 Å². The highest BCUT2D eigenvalue weighted by Crippen LogP contribution is 2.75. The number of halogens is 2. The zero-order valence-corrected chi connectivity index (χ0v) is 85.2. The van der Waals surface area contributed by atoms with Gasteiger partial charge in [0, 0.05) is 77.1 Å². The maximum atomic E-state index is 14.1. The molecule has 24 rings (SSSR count). The number of carbonyl (C=O) groups excluding carboxylic acids is 1.